The van der Waals surface area contributed by atoms with E-state index in [1.165, 1.54) is 0 Å². The fraction of sp³-hybridized carbons (Fsp3) is 0.615. The summed E-state index contributed by atoms with van der Waals surface area (Å²) in [5.74, 6) is -0.466. The van der Waals surface area contributed by atoms with E-state index in [-0.39, 0.29) is 6.04 Å². The van der Waals surface area contributed by atoms with Gasteiger partial charge in [0.1, 0.15) is 5.60 Å². The lowest BCUT2D eigenvalue weighted by atomic mass is 9.72. The summed E-state index contributed by atoms with van der Waals surface area (Å²) < 4.78 is 5.90. The molecule has 0 heterocycles. The van der Waals surface area contributed by atoms with Crippen LogP contribution in [0.15, 0.2) is 23.8 Å². The maximum absolute atomic E-state index is 11.5. The number of amides is 1. The molecule has 5 N–H and O–H groups in total. The molecular formula is C13H23N3O2. The first-order valence-corrected chi connectivity index (χ1v) is 6.09. The highest BCUT2D eigenvalue weighted by atomic mass is 16.5. The molecule has 1 aliphatic carbocycles. The van der Waals surface area contributed by atoms with Gasteiger partial charge in [-0.15, -0.1) is 0 Å². The normalized spacial score (nSPS) is 28.1. The van der Waals surface area contributed by atoms with E-state index < -0.39 is 17.0 Å². The molecule has 0 spiro atoms. The van der Waals surface area contributed by atoms with Crippen LogP contribution >= 0.6 is 0 Å². The van der Waals surface area contributed by atoms with Gasteiger partial charge in [0.05, 0.1) is 6.04 Å². The molecule has 18 heavy (non-hydrogen) atoms. The minimum atomic E-state index is -0.796. The van der Waals surface area contributed by atoms with Crippen LogP contribution in [-0.4, -0.2) is 36.7 Å². The molecule has 0 aliphatic heterocycles. The molecule has 2 atom stereocenters. The lowest BCUT2D eigenvalue weighted by Crippen LogP contribution is -2.68. The van der Waals surface area contributed by atoms with E-state index in [1.54, 1.807) is 19.2 Å². The van der Waals surface area contributed by atoms with Crippen molar-refractivity contribution in [3.63, 3.8) is 0 Å². The summed E-state index contributed by atoms with van der Waals surface area (Å²) in [4.78, 5) is 11.5. The number of carbonyl (C=O) groups is 1. The number of carbonyl (C=O) groups excluding carboxylic acids is 1. The van der Waals surface area contributed by atoms with Gasteiger partial charge in [-0.1, -0.05) is 12.2 Å². The Hall–Kier alpha value is -1.17. The van der Waals surface area contributed by atoms with E-state index in [9.17, 15) is 4.79 Å². The largest absolute Gasteiger partial charge is 0.367 e. The zero-order chi connectivity index (χ0) is 14.0. The second kappa shape index (κ2) is 5.22. The van der Waals surface area contributed by atoms with Crippen molar-refractivity contribution in [1.29, 1.82) is 0 Å². The Kier molecular flexibility index (Phi) is 4.32. The van der Waals surface area contributed by atoms with E-state index in [2.05, 4.69) is 5.32 Å². The molecule has 5 nitrogen and oxygen atoms in total. The van der Waals surface area contributed by atoms with E-state index >= 15 is 0 Å². The van der Waals surface area contributed by atoms with Crippen LogP contribution in [-0.2, 0) is 9.53 Å². The highest BCUT2D eigenvalue weighted by molar-refractivity contribution is 5.94. The van der Waals surface area contributed by atoms with Crippen molar-refractivity contribution < 1.29 is 9.53 Å². The highest BCUT2D eigenvalue weighted by Crippen LogP contribution is 2.35. The van der Waals surface area contributed by atoms with Crippen molar-refractivity contribution in [3.05, 3.63) is 23.8 Å². The molecule has 1 amide bonds. The number of nitrogens with two attached hydrogens (primary N) is 2. The lowest BCUT2D eigenvalue weighted by Gasteiger charge is -2.48. The summed E-state index contributed by atoms with van der Waals surface area (Å²) >= 11 is 0. The minimum absolute atomic E-state index is 0.361. The van der Waals surface area contributed by atoms with Gasteiger partial charge in [-0.2, -0.15) is 0 Å². The summed E-state index contributed by atoms with van der Waals surface area (Å²) in [6, 6.07) is -0.361. The molecule has 102 valence electrons. The van der Waals surface area contributed by atoms with E-state index in [1.807, 2.05) is 26.8 Å². The number of hydrogen-bond donors (Lipinski definition) is 3. The predicted octanol–water partition coefficient (Wildman–Crippen LogP) is 0.0685. The van der Waals surface area contributed by atoms with Crippen molar-refractivity contribution in [2.45, 2.75) is 38.0 Å². The minimum Gasteiger partial charge on any atom is -0.367 e. The van der Waals surface area contributed by atoms with Gasteiger partial charge in [-0.05, 0) is 33.9 Å². The second-order valence-corrected chi connectivity index (χ2v) is 5.01. The predicted molar refractivity (Wildman–Crippen MR) is 71.9 cm³/mol. The highest BCUT2D eigenvalue weighted by Gasteiger charge is 2.50. The van der Waals surface area contributed by atoms with Crippen molar-refractivity contribution >= 4 is 5.91 Å². The fourth-order valence-electron chi connectivity index (χ4n) is 2.46. The number of hydrogen-bond acceptors (Lipinski definition) is 4. The first-order valence-electron chi connectivity index (χ1n) is 6.09. The smallest absolute Gasteiger partial charge is 0.246 e. The van der Waals surface area contributed by atoms with Crippen molar-refractivity contribution in [3.8, 4) is 0 Å². The number of likely N-dealkylation sites (N-methyl/N-ethyl adjacent to an activating group) is 1. The summed E-state index contributed by atoms with van der Waals surface area (Å²) in [6.07, 6.45) is 5.37. The molecule has 0 aromatic heterocycles. The Bertz CT molecular complexity index is 382. The van der Waals surface area contributed by atoms with Crippen LogP contribution in [0, 0.1) is 0 Å². The number of ether oxygens (including phenoxy) is 1. The van der Waals surface area contributed by atoms with E-state index in [0.29, 0.717) is 12.2 Å². The van der Waals surface area contributed by atoms with E-state index in [0.717, 1.165) is 0 Å². The summed E-state index contributed by atoms with van der Waals surface area (Å²) in [5, 5.41) is 3.09. The van der Waals surface area contributed by atoms with Gasteiger partial charge in [-0.25, -0.2) is 0 Å². The molecule has 0 aromatic carbocycles. The number of rotatable bonds is 5. The first kappa shape index (κ1) is 14.9. The van der Waals surface area contributed by atoms with Crippen LogP contribution in [0.1, 0.15) is 20.8 Å². The third-order valence-electron chi connectivity index (χ3n) is 3.32. The van der Waals surface area contributed by atoms with Crippen LogP contribution in [0.25, 0.3) is 0 Å². The average Bonchev–Trinajstić information content (AvgIpc) is 2.27. The molecule has 1 rings (SSSR count). The van der Waals surface area contributed by atoms with Crippen molar-refractivity contribution in [2.24, 2.45) is 11.5 Å². The van der Waals surface area contributed by atoms with Gasteiger partial charge in [0.2, 0.25) is 5.91 Å². The molecule has 2 unspecified atom stereocenters. The summed E-state index contributed by atoms with van der Waals surface area (Å²) in [7, 11) is 1.76. The van der Waals surface area contributed by atoms with Crippen LogP contribution in [0.4, 0.5) is 0 Å². The number of nitrogens with one attached hydrogen (secondary N) is 1. The van der Waals surface area contributed by atoms with Crippen LogP contribution < -0.4 is 16.8 Å². The molecule has 0 saturated carbocycles. The lowest BCUT2D eigenvalue weighted by molar-refractivity contribution is -0.117. The van der Waals surface area contributed by atoms with Crippen LogP contribution in [0.2, 0.25) is 0 Å². The zero-order valence-electron chi connectivity index (χ0n) is 11.5. The molecule has 0 bridgehead atoms. The van der Waals surface area contributed by atoms with Crippen molar-refractivity contribution in [1.82, 2.24) is 5.32 Å². The number of allylic oxidation sites excluding steroid dienone is 2. The SMILES string of the molecule is CCOC1(C(C)(C)N)C=CC=C(C(N)=O)C1NC. The Morgan fingerprint density at radius 3 is 2.61 bits per heavy atom. The number of primary amides is 1. The van der Waals surface area contributed by atoms with Gasteiger partial charge < -0.3 is 21.5 Å². The Morgan fingerprint density at radius 2 is 2.22 bits per heavy atom. The van der Waals surface area contributed by atoms with Crippen LogP contribution in [0.5, 0.6) is 0 Å². The monoisotopic (exact) mass is 253 g/mol. The fourth-order valence-corrected chi connectivity index (χ4v) is 2.46. The maximum atomic E-state index is 11.5. The van der Waals surface area contributed by atoms with Gasteiger partial charge in [0, 0.05) is 17.7 Å². The van der Waals surface area contributed by atoms with E-state index in [4.69, 9.17) is 16.2 Å². The van der Waals surface area contributed by atoms with Crippen molar-refractivity contribution in [2.75, 3.05) is 13.7 Å². The quantitative estimate of drug-likeness (QED) is 0.646. The van der Waals surface area contributed by atoms with Gasteiger partial charge >= 0.3 is 0 Å². The van der Waals surface area contributed by atoms with Gasteiger partial charge in [-0.3, -0.25) is 4.79 Å². The standard InChI is InChI=1S/C13H23N3O2/c1-5-18-13(12(2,3)15)8-6-7-9(11(14)17)10(13)16-4/h6-8,10,16H,5,15H2,1-4H3,(H2,14,17). The average molecular weight is 253 g/mol. The third-order valence-corrected chi connectivity index (χ3v) is 3.32. The summed E-state index contributed by atoms with van der Waals surface area (Å²) in [6.45, 7) is 6.15. The Balaban J connectivity index is 3.31. The third kappa shape index (κ3) is 2.34. The molecular weight excluding hydrogens is 230 g/mol. The second-order valence-electron chi connectivity index (χ2n) is 5.01. The summed E-state index contributed by atoms with van der Waals surface area (Å²) in [5.41, 5.74) is 10.7. The molecule has 0 saturated heterocycles. The Morgan fingerprint density at radius 1 is 1.61 bits per heavy atom. The van der Waals surface area contributed by atoms with Gasteiger partial charge in [0.15, 0.2) is 0 Å². The first-order chi connectivity index (χ1) is 8.30. The molecule has 0 radical (unpaired) electrons. The molecule has 0 aromatic rings. The maximum Gasteiger partial charge on any atom is 0.246 e. The zero-order valence-corrected chi connectivity index (χ0v) is 11.5. The molecule has 0 fully saturated rings. The molecule has 1 aliphatic rings. The molecule has 5 heteroatoms. The van der Waals surface area contributed by atoms with Crippen LogP contribution in [0.3, 0.4) is 0 Å². The topological polar surface area (TPSA) is 90.4 Å². The van der Waals surface area contributed by atoms with Gasteiger partial charge in [0.25, 0.3) is 0 Å². The Labute approximate surface area is 108 Å².